The summed E-state index contributed by atoms with van der Waals surface area (Å²) in [5, 5.41) is 0.744. The maximum Gasteiger partial charge on any atom is 0.119 e. The molecular formula is C23H24ClN3O2S. The molecule has 5 nitrogen and oxygen atoms in total. The van der Waals surface area contributed by atoms with E-state index in [-0.39, 0.29) is 0 Å². The standard InChI is InChI=1S/C23H24ClN3O2S/c24-21-5-1-19(2-6-21)20-3-7-23(8-4-20)29-18-17-28-16-15-26-13-14-27(30-26)22-9-11-25-12-10-22/h1-12H,13-18H2. The summed E-state index contributed by atoms with van der Waals surface area (Å²) >= 11 is 7.69. The van der Waals surface area contributed by atoms with Crippen molar-refractivity contribution in [3.8, 4) is 16.9 Å². The van der Waals surface area contributed by atoms with Crippen LogP contribution in [0.5, 0.6) is 5.75 Å². The van der Waals surface area contributed by atoms with Gasteiger partial charge in [-0.2, -0.15) is 0 Å². The molecule has 1 aliphatic heterocycles. The summed E-state index contributed by atoms with van der Waals surface area (Å²) in [6, 6.07) is 20.0. The molecule has 1 aromatic heterocycles. The summed E-state index contributed by atoms with van der Waals surface area (Å²) in [6.07, 6.45) is 3.65. The minimum Gasteiger partial charge on any atom is -0.491 e. The van der Waals surface area contributed by atoms with Gasteiger partial charge in [0.15, 0.2) is 0 Å². The fraction of sp³-hybridized carbons (Fsp3) is 0.261. The van der Waals surface area contributed by atoms with Crippen molar-refractivity contribution in [3.05, 3.63) is 78.1 Å². The van der Waals surface area contributed by atoms with Crippen LogP contribution in [0.15, 0.2) is 73.1 Å². The van der Waals surface area contributed by atoms with Gasteiger partial charge in [0, 0.05) is 49.2 Å². The molecule has 2 aromatic carbocycles. The van der Waals surface area contributed by atoms with Gasteiger partial charge in [0.25, 0.3) is 0 Å². The third-order valence-electron chi connectivity index (χ3n) is 4.73. The fourth-order valence-corrected chi connectivity index (χ4v) is 4.24. The number of halogens is 1. The Morgan fingerprint density at radius 2 is 1.53 bits per heavy atom. The van der Waals surface area contributed by atoms with E-state index in [0.29, 0.717) is 19.8 Å². The Morgan fingerprint density at radius 1 is 0.833 bits per heavy atom. The van der Waals surface area contributed by atoms with E-state index in [1.54, 1.807) is 12.1 Å². The topological polar surface area (TPSA) is 37.8 Å². The van der Waals surface area contributed by atoms with Crippen LogP contribution in [0.4, 0.5) is 5.69 Å². The number of ether oxygens (including phenoxy) is 2. The molecule has 7 heteroatoms. The summed E-state index contributed by atoms with van der Waals surface area (Å²) in [4.78, 5) is 4.07. The second kappa shape index (κ2) is 10.7. The molecule has 0 amide bonds. The van der Waals surface area contributed by atoms with Gasteiger partial charge in [-0.3, -0.25) is 4.98 Å². The van der Waals surface area contributed by atoms with Gasteiger partial charge < -0.3 is 13.8 Å². The van der Waals surface area contributed by atoms with Gasteiger partial charge in [-0.15, -0.1) is 0 Å². The fourth-order valence-electron chi connectivity index (χ4n) is 3.14. The number of hydrogen-bond acceptors (Lipinski definition) is 6. The lowest BCUT2D eigenvalue weighted by molar-refractivity contribution is 0.0947. The molecule has 0 unspecified atom stereocenters. The van der Waals surface area contributed by atoms with E-state index < -0.39 is 0 Å². The van der Waals surface area contributed by atoms with E-state index >= 15 is 0 Å². The van der Waals surface area contributed by atoms with E-state index in [4.69, 9.17) is 21.1 Å². The second-order valence-corrected chi connectivity index (χ2v) is 8.37. The molecule has 0 spiro atoms. The van der Waals surface area contributed by atoms with Crippen molar-refractivity contribution in [1.29, 1.82) is 0 Å². The van der Waals surface area contributed by atoms with Gasteiger partial charge in [0.2, 0.25) is 0 Å². The number of nitrogens with zero attached hydrogens (tertiary/aromatic N) is 3. The molecule has 0 atom stereocenters. The normalized spacial score (nSPS) is 14.2. The number of pyridine rings is 1. The lowest BCUT2D eigenvalue weighted by Crippen LogP contribution is -2.20. The monoisotopic (exact) mass is 441 g/mol. The van der Waals surface area contributed by atoms with Crippen LogP contribution in [-0.2, 0) is 4.74 Å². The largest absolute Gasteiger partial charge is 0.491 e. The third kappa shape index (κ3) is 5.89. The number of aromatic nitrogens is 1. The number of rotatable bonds is 9. The van der Waals surface area contributed by atoms with E-state index in [9.17, 15) is 0 Å². The first-order valence-electron chi connectivity index (χ1n) is 9.95. The highest BCUT2D eigenvalue weighted by molar-refractivity contribution is 7.98. The lowest BCUT2D eigenvalue weighted by atomic mass is 10.1. The molecule has 30 heavy (non-hydrogen) atoms. The average Bonchev–Trinajstić information content (AvgIpc) is 3.27. The number of anilines is 1. The van der Waals surface area contributed by atoms with Crippen molar-refractivity contribution in [1.82, 2.24) is 9.29 Å². The first-order valence-corrected chi connectivity index (χ1v) is 11.1. The van der Waals surface area contributed by atoms with Gasteiger partial charge in [0.1, 0.15) is 12.4 Å². The first-order chi connectivity index (χ1) is 14.8. The van der Waals surface area contributed by atoms with Gasteiger partial charge in [-0.25, -0.2) is 4.31 Å². The van der Waals surface area contributed by atoms with Crippen LogP contribution in [-0.4, -0.2) is 48.7 Å². The van der Waals surface area contributed by atoms with Gasteiger partial charge >= 0.3 is 0 Å². The van der Waals surface area contributed by atoms with E-state index in [2.05, 4.69) is 25.7 Å². The van der Waals surface area contributed by atoms with Crippen molar-refractivity contribution < 1.29 is 9.47 Å². The highest BCUT2D eigenvalue weighted by Crippen LogP contribution is 2.29. The molecule has 1 saturated heterocycles. The van der Waals surface area contributed by atoms with Crippen LogP contribution >= 0.6 is 23.7 Å². The first kappa shape index (κ1) is 21.0. The Bertz CT molecular complexity index is 910. The maximum absolute atomic E-state index is 5.95. The van der Waals surface area contributed by atoms with Crippen LogP contribution < -0.4 is 9.04 Å². The van der Waals surface area contributed by atoms with Gasteiger partial charge in [0.05, 0.1) is 18.9 Å². The summed E-state index contributed by atoms with van der Waals surface area (Å²) in [7, 11) is 0. The molecule has 0 bridgehead atoms. The smallest absolute Gasteiger partial charge is 0.119 e. The van der Waals surface area contributed by atoms with Gasteiger partial charge in [-0.05, 0) is 47.5 Å². The van der Waals surface area contributed by atoms with Crippen LogP contribution in [0.25, 0.3) is 11.1 Å². The molecule has 0 N–H and O–H groups in total. The van der Waals surface area contributed by atoms with E-state index in [1.807, 2.05) is 60.9 Å². The Balaban J connectivity index is 1.11. The molecule has 1 fully saturated rings. The zero-order valence-corrected chi connectivity index (χ0v) is 18.2. The van der Waals surface area contributed by atoms with Crippen molar-refractivity contribution >= 4 is 29.4 Å². The molecule has 0 radical (unpaired) electrons. The Labute approximate surface area is 186 Å². The van der Waals surface area contributed by atoms with Crippen molar-refractivity contribution in [3.63, 3.8) is 0 Å². The minimum atomic E-state index is 0.538. The molecule has 4 rings (SSSR count). The molecule has 156 valence electrons. The summed E-state index contributed by atoms with van der Waals surface area (Å²) in [6.45, 7) is 4.72. The predicted molar refractivity (Wildman–Crippen MR) is 124 cm³/mol. The van der Waals surface area contributed by atoms with Gasteiger partial charge in [-0.1, -0.05) is 35.9 Å². The second-order valence-electron chi connectivity index (χ2n) is 6.81. The molecule has 2 heterocycles. The van der Waals surface area contributed by atoms with Crippen molar-refractivity contribution in [2.45, 2.75) is 0 Å². The Hall–Kier alpha value is -2.25. The SMILES string of the molecule is Clc1ccc(-c2ccc(OCCOCCN3CCN(c4ccncc4)S3)cc2)cc1. The summed E-state index contributed by atoms with van der Waals surface area (Å²) < 4.78 is 16.1. The zero-order valence-electron chi connectivity index (χ0n) is 16.6. The number of hydrogen-bond donors (Lipinski definition) is 0. The minimum absolute atomic E-state index is 0.538. The zero-order chi connectivity index (χ0) is 20.6. The maximum atomic E-state index is 5.95. The van der Waals surface area contributed by atoms with E-state index in [1.165, 1.54) is 5.69 Å². The molecule has 1 aliphatic rings. The van der Waals surface area contributed by atoms with Crippen molar-refractivity contribution in [2.24, 2.45) is 0 Å². The van der Waals surface area contributed by atoms with Crippen LogP contribution in [0.1, 0.15) is 0 Å². The van der Waals surface area contributed by atoms with Crippen LogP contribution in [0, 0.1) is 0 Å². The van der Waals surface area contributed by atoms with Crippen LogP contribution in [0.2, 0.25) is 5.02 Å². The molecule has 0 aliphatic carbocycles. The van der Waals surface area contributed by atoms with Crippen molar-refractivity contribution in [2.75, 3.05) is 43.8 Å². The highest BCUT2D eigenvalue weighted by atomic mass is 35.5. The lowest BCUT2D eigenvalue weighted by Gasteiger charge is -2.17. The summed E-state index contributed by atoms with van der Waals surface area (Å²) in [5.74, 6) is 0.847. The predicted octanol–water partition coefficient (Wildman–Crippen LogP) is 5.18. The Kier molecular flexibility index (Phi) is 7.48. The molecule has 3 aromatic rings. The third-order valence-corrected chi connectivity index (χ3v) is 6.17. The van der Waals surface area contributed by atoms with E-state index in [0.717, 1.165) is 41.5 Å². The number of benzene rings is 2. The summed E-state index contributed by atoms with van der Waals surface area (Å²) in [5.41, 5.74) is 3.46. The average molecular weight is 442 g/mol. The quantitative estimate of drug-likeness (QED) is 0.336. The molecule has 0 saturated carbocycles. The molecular weight excluding hydrogens is 418 g/mol. The van der Waals surface area contributed by atoms with Crippen LogP contribution in [0.3, 0.4) is 0 Å². The Morgan fingerprint density at radius 3 is 2.27 bits per heavy atom. The highest BCUT2D eigenvalue weighted by Gasteiger charge is 2.21.